The van der Waals surface area contributed by atoms with Gasteiger partial charge < -0.3 is 62.1 Å². The van der Waals surface area contributed by atoms with Gasteiger partial charge in [0.15, 0.2) is 0 Å². The summed E-state index contributed by atoms with van der Waals surface area (Å²) in [6, 6.07) is 65.6. The van der Waals surface area contributed by atoms with Crippen molar-refractivity contribution in [2.75, 3.05) is 103 Å². The number of aliphatic imine (C=N–C) groups is 1. The average Bonchev–Trinajstić information content (AvgIpc) is 1.33. The van der Waals surface area contributed by atoms with Gasteiger partial charge in [-0.1, -0.05) is 190 Å². The van der Waals surface area contributed by atoms with E-state index in [0.717, 1.165) is 109 Å². The van der Waals surface area contributed by atoms with Crippen LogP contribution in [0.5, 0.6) is 0 Å². The van der Waals surface area contributed by atoms with Crippen LogP contribution in [0.1, 0.15) is 112 Å². The molecule has 125 heavy (non-hydrogen) atoms. The lowest BCUT2D eigenvalue weighted by molar-refractivity contribution is 0.101. The van der Waals surface area contributed by atoms with Crippen LogP contribution in [-0.2, 0) is 26.2 Å². The number of piperidine rings is 1. The van der Waals surface area contributed by atoms with Crippen LogP contribution in [0.25, 0.3) is 0 Å². The molecule has 0 aliphatic carbocycles. The van der Waals surface area contributed by atoms with E-state index in [1.54, 1.807) is 126 Å². The fourth-order valence-electron chi connectivity index (χ4n) is 13.0. The normalized spacial score (nSPS) is 12.5. The largest absolute Gasteiger partial charge is 0.380 e. The molecule has 7 heterocycles. The number of hydrogen-bond donors (Lipinski definition) is 11. The van der Waals surface area contributed by atoms with Gasteiger partial charge in [-0.15, -0.1) is 0 Å². The number of likely N-dealkylation sites (tertiary alicyclic amines) is 2. The van der Waals surface area contributed by atoms with Crippen LogP contribution < -0.4 is 42.5 Å². The topological polar surface area (TPSA) is 313 Å². The lowest BCUT2D eigenvalue weighted by Gasteiger charge is -2.33. The number of amidine groups is 4. The van der Waals surface area contributed by atoms with Crippen molar-refractivity contribution in [1.29, 1.82) is 16.2 Å². The zero-order valence-corrected chi connectivity index (χ0v) is 74.2. The first-order chi connectivity index (χ1) is 60.3. The highest BCUT2D eigenvalue weighted by molar-refractivity contribution is 6.34. The Morgan fingerprint density at radius 1 is 0.344 bits per heavy atom. The molecule has 0 atom stereocenters. The Bertz CT molecular complexity index is 5810. The number of amides is 4. The fourth-order valence-corrected chi connectivity index (χ4v) is 14.1. The third-order valence-electron chi connectivity index (χ3n) is 20.0. The average molecular weight is 1830 g/mol. The number of benzene rings is 8. The number of nitrogens with zero attached hydrogens (tertiary/aromatic N) is 9. The monoisotopic (exact) mass is 1830 g/mol. The van der Waals surface area contributed by atoms with E-state index in [2.05, 4.69) is 106 Å². The molecule has 24 nitrogen and oxygen atoms in total. The summed E-state index contributed by atoms with van der Waals surface area (Å²) >= 11 is 47.9. The van der Waals surface area contributed by atoms with Crippen LogP contribution in [0, 0.1) is 16.2 Å². The number of halogens is 8. The first-order valence-corrected chi connectivity index (χ1v) is 42.7. The molecule has 4 aromatic heterocycles. The summed E-state index contributed by atoms with van der Waals surface area (Å²) in [6.45, 7) is 7.72. The third kappa shape index (κ3) is 26.8. The Balaban J connectivity index is 0.000000152. The molecular weight excluding hydrogens is 1740 g/mol. The number of hydrogen-bond acceptors (Lipinski definition) is 17. The van der Waals surface area contributed by atoms with Gasteiger partial charge in [-0.3, -0.25) is 40.4 Å². The Morgan fingerprint density at radius 2 is 0.624 bits per heavy atom. The van der Waals surface area contributed by atoms with E-state index in [4.69, 9.17) is 109 Å². The van der Waals surface area contributed by atoms with Crippen LogP contribution >= 0.6 is 92.8 Å². The highest BCUT2D eigenvalue weighted by Crippen LogP contribution is 2.30. The summed E-state index contributed by atoms with van der Waals surface area (Å²) in [4.78, 5) is 80.2. The summed E-state index contributed by atoms with van der Waals surface area (Å²) in [5, 5.41) is 52.9. The van der Waals surface area contributed by atoms with Crippen molar-refractivity contribution in [3.05, 3.63) is 350 Å². The molecule has 8 aromatic carbocycles. The van der Waals surface area contributed by atoms with Crippen LogP contribution in [0.3, 0.4) is 0 Å². The van der Waals surface area contributed by atoms with Crippen LogP contribution in [0.4, 0.5) is 46.0 Å². The highest BCUT2D eigenvalue weighted by atomic mass is 35.5. The Labute approximate surface area is 765 Å². The molecule has 640 valence electrons. The lowest BCUT2D eigenvalue weighted by atomic mass is 10.1. The molecule has 2 saturated heterocycles. The maximum atomic E-state index is 12.8. The number of rotatable bonds is 24. The van der Waals surface area contributed by atoms with Gasteiger partial charge in [-0.05, 0) is 169 Å². The lowest BCUT2D eigenvalue weighted by Crippen LogP contribution is -2.42. The number of pyridine rings is 4. The Morgan fingerprint density at radius 3 is 0.880 bits per heavy atom. The predicted octanol–water partition coefficient (Wildman–Crippen LogP) is 21.4. The summed E-state index contributed by atoms with van der Waals surface area (Å²) in [6.07, 6.45) is 10.6. The number of carbonyl (C=O) groups is 4. The molecule has 4 amide bonds. The first-order valence-electron chi connectivity index (χ1n) is 39.7. The summed E-state index contributed by atoms with van der Waals surface area (Å²) in [5.74, 6) is 2.96. The fraction of sp³-hybridized carbons (Fsp3) is 0.183. The molecule has 0 radical (unpaired) electrons. The predicted molar refractivity (Wildman–Crippen MR) is 510 cm³/mol. The second kappa shape index (κ2) is 44.8. The van der Waals surface area contributed by atoms with Gasteiger partial charge in [0, 0.05) is 170 Å². The Hall–Kier alpha value is -12.4. The van der Waals surface area contributed by atoms with E-state index in [1.165, 1.54) is 31.2 Å². The van der Waals surface area contributed by atoms with E-state index >= 15 is 0 Å². The number of anilines is 8. The molecule has 11 N–H and O–H groups in total. The van der Waals surface area contributed by atoms with Crippen molar-refractivity contribution in [3.8, 4) is 0 Å². The van der Waals surface area contributed by atoms with E-state index < -0.39 is 0 Å². The molecule has 15 rings (SSSR count). The first kappa shape index (κ1) is 91.8. The number of aromatic nitrogens is 4. The van der Waals surface area contributed by atoms with E-state index in [1.807, 2.05) is 93.9 Å². The van der Waals surface area contributed by atoms with Gasteiger partial charge >= 0.3 is 0 Å². The zero-order chi connectivity index (χ0) is 88.5. The van der Waals surface area contributed by atoms with Crippen LogP contribution in [-0.4, -0.2) is 147 Å². The van der Waals surface area contributed by atoms with Crippen molar-refractivity contribution in [3.63, 3.8) is 0 Å². The maximum absolute atomic E-state index is 12.8. The minimum Gasteiger partial charge on any atom is -0.380 e. The maximum Gasteiger partial charge on any atom is 0.258 e. The number of likely N-dealkylation sites (N-methyl/N-ethyl adjacent to an activating group) is 1. The molecule has 3 aliphatic rings. The van der Waals surface area contributed by atoms with Crippen molar-refractivity contribution in [1.82, 2.24) is 39.5 Å². The van der Waals surface area contributed by atoms with Crippen molar-refractivity contribution in [2.45, 2.75) is 51.9 Å². The SMILES string of the molecule is CN(C)C(=N)c1ccc(CNc2ccc(Cl)cc2C(=O)Nc2ccc(Cl)cn2)cc1.CN1CCN=C1c1ccc(CNc2ccc(Cl)cc2C(=O)Nc2ccc(Cl)cn2)cc1.N=C(c1ccc(CNc2ccc(Cl)cc2C(=O)Nc2ccc(Cl)cn2)cc1)N1CCC1.N=C(c1ccc(CNc2ccc(Cl)cc2C(=O)Nc2ccc(Cl)cn2)cc1)N1CCCCC1. The van der Waals surface area contributed by atoms with Crippen molar-refractivity contribution >= 4 is 186 Å². The molecule has 3 aliphatic heterocycles. The number of carbonyl (C=O) groups excluding carboxylic acids is 4. The molecule has 0 saturated carbocycles. The van der Waals surface area contributed by atoms with E-state index in [9.17, 15) is 19.2 Å². The molecule has 0 unspecified atom stereocenters. The summed E-state index contributed by atoms with van der Waals surface area (Å²) in [7, 11) is 5.73. The van der Waals surface area contributed by atoms with E-state index in [-0.39, 0.29) is 23.6 Å². The van der Waals surface area contributed by atoms with Crippen LogP contribution in [0.2, 0.25) is 40.2 Å². The standard InChI is InChI=1S/C25H25Cl2N5O.2C23H21Cl2N5O.C22H21Cl2N5O/c26-19-8-10-22(21(14-19)25(33)31-23-11-9-20(27)16-30-23)29-15-17-4-6-18(7-5-17)24(28)32-12-2-1-3-13-32;1-30-11-10-26-22(30)16-4-2-15(3-5-16)13-27-20-8-6-17(24)12-19(20)23(31)29-21-9-7-18(25)14-28-21;24-17-6-8-20(19(12-17)23(31)29-21-9-7-18(25)14-28-21)27-13-15-2-4-16(5-3-15)22(26)30-10-1-11-30;1-29(2)21(25)15-5-3-14(4-6-15)12-26-19-9-7-16(23)11-18(19)22(30)28-20-10-8-17(24)13-27-20/h4-11,14,16,28-29H,1-3,12-13,15H2,(H,30,31,33);2-9,12,14,27H,10-11,13H2,1H3,(H,28,29,31);2-9,12,14,26-27H,1,10-11,13H2,(H,28,29,31);3-11,13,25-26H,12H2,1-2H3,(H,27,28,30). The molecule has 2 fully saturated rings. The third-order valence-corrected chi connectivity index (χ3v) is 21.8. The smallest absolute Gasteiger partial charge is 0.258 e. The van der Waals surface area contributed by atoms with Gasteiger partial charge in [-0.25, -0.2) is 19.9 Å². The molecule has 0 bridgehead atoms. The van der Waals surface area contributed by atoms with Gasteiger partial charge in [0.05, 0.1) is 48.9 Å². The minimum atomic E-state index is -0.329. The molecular formula is C93H88Cl8N20O4. The molecule has 0 spiro atoms. The number of nitrogens with one attached hydrogen (secondary N) is 11. The van der Waals surface area contributed by atoms with Crippen molar-refractivity contribution < 1.29 is 19.2 Å². The quantitative estimate of drug-likeness (QED) is 0.0198. The van der Waals surface area contributed by atoms with Gasteiger partial charge in [0.2, 0.25) is 0 Å². The zero-order valence-electron chi connectivity index (χ0n) is 68.2. The van der Waals surface area contributed by atoms with Gasteiger partial charge in [0.1, 0.15) is 46.6 Å². The molecule has 12 aromatic rings. The van der Waals surface area contributed by atoms with Gasteiger partial charge in [0.25, 0.3) is 23.6 Å². The second-order valence-corrected chi connectivity index (χ2v) is 32.7. The van der Waals surface area contributed by atoms with Gasteiger partial charge in [-0.2, -0.15) is 0 Å². The van der Waals surface area contributed by atoms with Crippen molar-refractivity contribution in [2.24, 2.45) is 4.99 Å². The van der Waals surface area contributed by atoms with E-state index in [0.29, 0.717) is 152 Å². The summed E-state index contributed by atoms with van der Waals surface area (Å²) < 4.78 is 0. The Kier molecular flexibility index (Phi) is 32.9. The van der Waals surface area contributed by atoms with Crippen LogP contribution in [0.15, 0.2) is 248 Å². The second-order valence-electron chi connectivity index (χ2n) is 29.2. The molecule has 32 heteroatoms. The highest BCUT2D eigenvalue weighted by Gasteiger charge is 2.23. The summed E-state index contributed by atoms with van der Waals surface area (Å²) in [5.41, 5.74) is 12.3. The minimum absolute atomic E-state index is 0.308.